The van der Waals surface area contributed by atoms with Gasteiger partial charge in [-0.15, -0.1) is 0 Å². The largest absolute Gasteiger partial charge is 0.479 e. The van der Waals surface area contributed by atoms with Crippen molar-refractivity contribution in [3.63, 3.8) is 0 Å². The van der Waals surface area contributed by atoms with Gasteiger partial charge in [0.1, 0.15) is 11.5 Å². The number of nitrogens with zero attached hydrogens (tertiary/aromatic N) is 3. The molecule has 0 fully saturated rings. The van der Waals surface area contributed by atoms with Gasteiger partial charge in [0.15, 0.2) is 9.84 Å². The molecule has 3 aromatic rings. The van der Waals surface area contributed by atoms with Crippen molar-refractivity contribution < 1.29 is 13.2 Å². The number of nitrogens with one attached hydrogen (secondary N) is 1. The number of rotatable bonds is 6. The zero-order valence-electron chi connectivity index (χ0n) is 13.6. The van der Waals surface area contributed by atoms with Gasteiger partial charge in [0.05, 0.1) is 24.7 Å². The summed E-state index contributed by atoms with van der Waals surface area (Å²) in [6, 6.07) is 8.40. The summed E-state index contributed by atoms with van der Waals surface area (Å²) in [5.41, 5.74) is 1.26. The Morgan fingerprint density at radius 1 is 1.20 bits per heavy atom. The Kier molecular flexibility index (Phi) is 4.95. The molecule has 0 atom stereocenters. The average Bonchev–Trinajstić information content (AvgIpc) is 3.12. The van der Waals surface area contributed by atoms with Gasteiger partial charge in [-0.1, -0.05) is 12.1 Å². The van der Waals surface area contributed by atoms with Crippen LogP contribution in [-0.2, 0) is 16.4 Å². The fourth-order valence-corrected chi connectivity index (χ4v) is 3.32. The molecule has 0 aliphatic heterocycles. The lowest BCUT2D eigenvalue weighted by molar-refractivity contribution is 0.398. The van der Waals surface area contributed by atoms with Crippen LogP contribution in [0.4, 0.5) is 5.82 Å². The highest BCUT2D eigenvalue weighted by atomic mass is 32.2. The predicted octanol–water partition coefficient (Wildman–Crippen LogP) is 2.62. The molecule has 0 bridgehead atoms. The minimum absolute atomic E-state index is 0.252. The molecule has 0 radical (unpaired) electrons. The van der Waals surface area contributed by atoms with Crippen molar-refractivity contribution in [3.05, 3.63) is 47.6 Å². The molecule has 1 N–H and O–H groups in total. The molecule has 0 amide bonds. The second-order valence-electron chi connectivity index (χ2n) is 5.24. The van der Waals surface area contributed by atoms with Crippen molar-refractivity contribution in [1.29, 1.82) is 0 Å². The average molecular weight is 376 g/mol. The fourth-order valence-electron chi connectivity index (χ4n) is 2.17. The van der Waals surface area contributed by atoms with Crippen LogP contribution in [-0.4, -0.2) is 36.1 Å². The van der Waals surface area contributed by atoms with Crippen LogP contribution in [0.1, 0.15) is 4.88 Å². The number of benzene rings is 1. The maximum atomic E-state index is 11.6. The smallest absolute Gasteiger partial charge is 0.240 e. The summed E-state index contributed by atoms with van der Waals surface area (Å²) in [6.07, 6.45) is 4.51. The number of methoxy groups -OCH3 is 1. The minimum Gasteiger partial charge on any atom is -0.479 e. The summed E-state index contributed by atoms with van der Waals surface area (Å²) >= 11 is 1.41. The van der Waals surface area contributed by atoms with Gasteiger partial charge in [-0.25, -0.2) is 22.8 Å². The molecule has 2 heterocycles. The zero-order chi connectivity index (χ0) is 17.9. The lowest BCUT2D eigenvalue weighted by Gasteiger charge is -2.10. The molecule has 3 rings (SSSR count). The summed E-state index contributed by atoms with van der Waals surface area (Å²) in [6.45, 7) is 0.595. The zero-order valence-corrected chi connectivity index (χ0v) is 15.3. The van der Waals surface area contributed by atoms with Gasteiger partial charge in [0, 0.05) is 22.9 Å². The second-order valence-corrected chi connectivity index (χ2v) is 8.18. The molecule has 9 heteroatoms. The monoisotopic (exact) mass is 376 g/mol. The Hall–Kier alpha value is -2.52. The molecule has 25 heavy (non-hydrogen) atoms. The molecule has 0 aliphatic rings. The number of hydrogen-bond acceptors (Lipinski definition) is 8. The van der Waals surface area contributed by atoms with Gasteiger partial charge in [-0.05, 0) is 29.7 Å². The number of ether oxygens (including phenoxy) is 1. The highest BCUT2D eigenvalue weighted by Gasteiger charge is 2.13. The number of aromatic nitrogens is 3. The lowest BCUT2D eigenvalue weighted by Crippen LogP contribution is -2.03. The van der Waals surface area contributed by atoms with Crippen LogP contribution in [0, 0.1) is 0 Å². The molecule has 130 valence electrons. The topological polar surface area (TPSA) is 94.1 Å². The summed E-state index contributed by atoms with van der Waals surface area (Å²) in [4.78, 5) is 10.1. The Morgan fingerprint density at radius 2 is 1.96 bits per heavy atom. The third kappa shape index (κ3) is 4.12. The van der Waals surface area contributed by atoms with Crippen molar-refractivity contribution in [2.75, 3.05) is 18.7 Å². The van der Waals surface area contributed by atoms with Crippen molar-refractivity contribution in [3.8, 4) is 17.1 Å². The Labute approximate surface area is 149 Å². The van der Waals surface area contributed by atoms with Crippen molar-refractivity contribution in [1.82, 2.24) is 14.3 Å². The molecule has 0 saturated heterocycles. The molecule has 0 spiro atoms. The molecule has 0 unspecified atom stereocenters. The van der Waals surface area contributed by atoms with Gasteiger partial charge in [-0.2, -0.15) is 0 Å². The van der Waals surface area contributed by atoms with Gasteiger partial charge < -0.3 is 10.1 Å². The molecule has 0 aliphatic carbocycles. The van der Waals surface area contributed by atoms with Crippen LogP contribution in [0.15, 0.2) is 47.6 Å². The van der Waals surface area contributed by atoms with Gasteiger partial charge in [0.2, 0.25) is 5.88 Å². The van der Waals surface area contributed by atoms with E-state index in [1.54, 1.807) is 36.7 Å². The van der Waals surface area contributed by atoms with Crippen molar-refractivity contribution in [2.24, 2.45) is 0 Å². The maximum Gasteiger partial charge on any atom is 0.240 e. The van der Waals surface area contributed by atoms with Crippen LogP contribution in [0.3, 0.4) is 0 Å². The standard InChI is InChI=1S/C16H16N4O3S2/c1-23-16-15(11-3-5-13(6-4-11)25(2,21)22)20-14(10-18-16)17-9-12-7-8-19-24-12/h3-8,10H,9H2,1-2H3,(H,17,20). The Balaban J connectivity index is 1.89. The van der Waals surface area contributed by atoms with E-state index >= 15 is 0 Å². The quantitative estimate of drug-likeness (QED) is 0.707. The summed E-state index contributed by atoms with van der Waals surface area (Å²) in [5.74, 6) is 0.965. The predicted molar refractivity (Wildman–Crippen MR) is 96.6 cm³/mol. The van der Waals surface area contributed by atoms with E-state index in [0.717, 1.165) is 10.4 Å². The first-order chi connectivity index (χ1) is 12.0. The van der Waals surface area contributed by atoms with E-state index in [1.807, 2.05) is 6.07 Å². The molecule has 0 saturated carbocycles. The second kappa shape index (κ2) is 7.16. The summed E-state index contributed by atoms with van der Waals surface area (Å²) in [5, 5.41) is 3.19. The third-order valence-corrected chi connectivity index (χ3v) is 5.29. The number of sulfone groups is 1. The van der Waals surface area contributed by atoms with Crippen LogP contribution in [0.25, 0.3) is 11.3 Å². The van der Waals surface area contributed by atoms with E-state index in [9.17, 15) is 8.42 Å². The van der Waals surface area contributed by atoms with Crippen LogP contribution < -0.4 is 10.1 Å². The Bertz CT molecular complexity index is 956. The van der Waals surface area contributed by atoms with Crippen molar-refractivity contribution >= 4 is 27.2 Å². The third-order valence-electron chi connectivity index (χ3n) is 3.42. The lowest BCUT2D eigenvalue weighted by atomic mass is 10.1. The normalized spacial score (nSPS) is 11.3. The van der Waals surface area contributed by atoms with E-state index in [2.05, 4.69) is 19.7 Å². The first kappa shape index (κ1) is 17.3. The summed E-state index contributed by atoms with van der Waals surface area (Å²) < 4.78 is 32.5. The highest BCUT2D eigenvalue weighted by molar-refractivity contribution is 7.90. The molecular weight excluding hydrogens is 360 g/mol. The van der Waals surface area contributed by atoms with Gasteiger partial charge in [-0.3, -0.25) is 0 Å². The van der Waals surface area contributed by atoms with Crippen molar-refractivity contribution in [2.45, 2.75) is 11.4 Å². The van der Waals surface area contributed by atoms with Crippen LogP contribution in [0.2, 0.25) is 0 Å². The maximum absolute atomic E-state index is 11.6. The number of anilines is 1. The Morgan fingerprint density at radius 3 is 2.56 bits per heavy atom. The van der Waals surface area contributed by atoms with Crippen LogP contribution in [0.5, 0.6) is 5.88 Å². The first-order valence-corrected chi connectivity index (χ1v) is 9.99. The van der Waals surface area contributed by atoms with E-state index < -0.39 is 9.84 Å². The molecule has 1 aromatic carbocycles. The molecule has 7 nitrogen and oxygen atoms in total. The number of hydrogen-bond donors (Lipinski definition) is 1. The van der Waals surface area contributed by atoms with Gasteiger partial charge in [0.25, 0.3) is 0 Å². The van der Waals surface area contributed by atoms with E-state index in [0.29, 0.717) is 23.9 Å². The van der Waals surface area contributed by atoms with E-state index in [-0.39, 0.29) is 4.90 Å². The van der Waals surface area contributed by atoms with Gasteiger partial charge >= 0.3 is 0 Å². The SMILES string of the molecule is COc1ncc(NCc2ccns2)nc1-c1ccc(S(C)(=O)=O)cc1. The summed E-state index contributed by atoms with van der Waals surface area (Å²) in [7, 11) is -1.73. The molecule has 2 aromatic heterocycles. The van der Waals surface area contributed by atoms with Crippen LogP contribution >= 0.6 is 11.5 Å². The minimum atomic E-state index is -3.24. The van der Waals surface area contributed by atoms with E-state index in [4.69, 9.17) is 4.74 Å². The first-order valence-electron chi connectivity index (χ1n) is 7.32. The molecular formula is C16H16N4O3S2. The fraction of sp³-hybridized carbons (Fsp3) is 0.188. The van der Waals surface area contributed by atoms with E-state index in [1.165, 1.54) is 24.9 Å². The highest BCUT2D eigenvalue weighted by Crippen LogP contribution is 2.28.